The van der Waals surface area contributed by atoms with E-state index >= 15 is 0 Å². The van der Waals surface area contributed by atoms with Crippen LogP contribution in [0.2, 0.25) is 0 Å². The molecule has 1 aromatic carbocycles. The molecule has 0 saturated heterocycles. The lowest BCUT2D eigenvalue weighted by Gasteiger charge is -2.02. The van der Waals surface area contributed by atoms with E-state index in [4.69, 9.17) is 5.73 Å². The lowest BCUT2D eigenvalue weighted by atomic mass is 10.1. The maximum absolute atomic E-state index is 9.97. The van der Waals surface area contributed by atoms with E-state index in [9.17, 15) is 5.11 Å². The van der Waals surface area contributed by atoms with Gasteiger partial charge in [-0.25, -0.2) is 9.97 Å². The normalized spacial score (nSPS) is 10.5. The predicted octanol–water partition coefficient (Wildman–Crippen LogP) is 3.11. The first-order valence-electron chi connectivity index (χ1n) is 8.04. The summed E-state index contributed by atoms with van der Waals surface area (Å²) in [5.74, 6) is 1.01. The number of fused-ring (bicyclic) bond motifs is 1. The van der Waals surface area contributed by atoms with Crippen LogP contribution in [0.1, 0.15) is 13.8 Å². The van der Waals surface area contributed by atoms with E-state index in [-0.39, 0.29) is 5.75 Å². The Morgan fingerprint density at radius 2 is 1.72 bits per heavy atom. The average Bonchev–Trinajstić information content (AvgIpc) is 3.22. The van der Waals surface area contributed by atoms with Crippen molar-refractivity contribution >= 4 is 11.6 Å². The van der Waals surface area contributed by atoms with E-state index in [1.165, 1.54) is 0 Å². The lowest BCUT2D eigenvalue weighted by Crippen LogP contribution is -1.98. The molecule has 0 saturated carbocycles. The zero-order chi connectivity index (χ0) is 18.0. The fraction of sp³-hybridized carbons (Fsp3) is 0.167. The van der Waals surface area contributed by atoms with Crippen LogP contribution in [0.5, 0.6) is 5.75 Å². The predicted molar refractivity (Wildman–Crippen MR) is 98.1 cm³/mol. The van der Waals surface area contributed by atoms with Crippen molar-refractivity contribution in [3.05, 3.63) is 49.2 Å². The number of anilines is 1. The molecule has 25 heavy (non-hydrogen) atoms. The monoisotopic (exact) mass is 336 g/mol. The summed E-state index contributed by atoms with van der Waals surface area (Å²) in [5, 5.41) is 9.97. The largest absolute Gasteiger partial charge is 0.507 e. The van der Waals surface area contributed by atoms with Gasteiger partial charge in [0, 0.05) is 31.2 Å². The molecule has 0 aliphatic carbocycles. The molecule has 0 unspecified atom stereocenters. The van der Waals surface area contributed by atoms with E-state index in [0.717, 1.165) is 11.3 Å². The Bertz CT molecular complexity index is 1020. The summed E-state index contributed by atoms with van der Waals surface area (Å²) in [5.41, 5.74) is 8.81. The number of aryl methyl sites for hydroxylation is 1. The summed E-state index contributed by atoms with van der Waals surface area (Å²) >= 11 is 0. The maximum Gasteiger partial charge on any atom is 0.236 e. The highest BCUT2D eigenvalue weighted by molar-refractivity contribution is 5.73. The minimum absolute atomic E-state index is 0.175. The number of hydrogen-bond acceptors (Lipinski definition) is 5. The van der Waals surface area contributed by atoms with Gasteiger partial charge in [-0.1, -0.05) is 26.0 Å². The highest BCUT2D eigenvalue weighted by Gasteiger charge is 2.13. The fourth-order valence-electron chi connectivity index (χ4n) is 2.50. The number of phenols is 1. The number of aromatic hydroxyl groups is 1. The van der Waals surface area contributed by atoms with Gasteiger partial charge in [0.05, 0.1) is 23.3 Å². The number of aromatic nitrogens is 5. The number of para-hydroxylation sites is 1. The standard InChI is InChI=1S/C16H14N6O.C2H6/c1-21-7-12(18-9-21)11-6-22-8-13(19-16(22)20-15(11)17)10-4-2-3-5-14(10)23;1-2/h2-9,23H,1H3,(H2,17,19,20);1-2H3. The van der Waals surface area contributed by atoms with Gasteiger partial charge >= 0.3 is 0 Å². The number of phenolic OH excluding ortho intramolecular Hbond substituents is 1. The summed E-state index contributed by atoms with van der Waals surface area (Å²) in [6, 6.07) is 7.05. The molecular weight excluding hydrogens is 316 g/mol. The van der Waals surface area contributed by atoms with E-state index in [2.05, 4.69) is 15.0 Å². The van der Waals surface area contributed by atoms with Crippen LogP contribution < -0.4 is 5.73 Å². The smallest absolute Gasteiger partial charge is 0.236 e. The number of hydrogen-bond donors (Lipinski definition) is 2. The van der Waals surface area contributed by atoms with Crippen molar-refractivity contribution in [2.75, 3.05) is 5.73 Å². The summed E-state index contributed by atoms with van der Waals surface area (Å²) in [6.45, 7) is 4.00. The topological polar surface area (TPSA) is 94.3 Å². The highest BCUT2D eigenvalue weighted by atomic mass is 16.3. The third kappa shape index (κ3) is 3.03. The Hall–Kier alpha value is -3.35. The molecule has 3 aromatic heterocycles. The van der Waals surface area contributed by atoms with Crippen LogP contribution in [0.4, 0.5) is 5.82 Å². The van der Waals surface area contributed by atoms with Crippen LogP contribution in [0.25, 0.3) is 28.3 Å². The molecule has 4 rings (SSSR count). The second-order valence-electron chi connectivity index (χ2n) is 5.31. The minimum Gasteiger partial charge on any atom is -0.507 e. The maximum atomic E-state index is 9.97. The van der Waals surface area contributed by atoms with E-state index < -0.39 is 0 Å². The van der Waals surface area contributed by atoms with Crippen molar-refractivity contribution in [2.24, 2.45) is 7.05 Å². The molecule has 3 N–H and O–H groups in total. The molecule has 0 spiro atoms. The molecule has 0 radical (unpaired) electrons. The van der Waals surface area contributed by atoms with Gasteiger partial charge in [0.15, 0.2) is 0 Å². The van der Waals surface area contributed by atoms with Crippen LogP contribution in [0, 0.1) is 0 Å². The quantitative estimate of drug-likeness (QED) is 0.586. The first-order valence-corrected chi connectivity index (χ1v) is 8.04. The number of rotatable bonds is 2. The summed E-state index contributed by atoms with van der Waals surface area (Å²) in [7, 11) is 1.89. The van der Waals surface area contributed by atoms with E-state index in [1.54, 1.807) is 28.9 Å². The van der Waals surface area contributed by atoms with Gasteiger partial charge in [-0.15, -0.1) is 0 Å². The Morgan fingerprint density at radius 1 is 0.960 bits per heavy atom. The van der Waals surface area contributed by atoms with Gasteiger partial charge in [0.1, 0.15) is 11.6 Å². The van der Waals surface area contributed by atoms with Crippen molar-refractivity contribution < 1.29 is 5.11 Å². The average molecular weight is 336 g/mol. The number of benzene rings is 1. The Kier molecular flexibility index (Phi) is 4.38. The molecule has 0 bridgehead atoms. The summed E-state index contributed by atoms with van der Waals surface area (Å²) < 4.78 is 3.63. The fourth-order valence-corrected chi connectivity index (χ4v) is 2.50. The van der Waals surface area contributed by atoms with Crippen molar-refractivity contribution in [3.8, 4) is 28.3 Å². The third-order valence-corrected chi connectivity index (χ3v) is 3.64. The molecule has 7 nitrogen and oxygen atoms in total. The minimum atomic E-state index is 0.175. The molecule has 128 valence electrons. The molecule has 3 heterocycles. The van der Waals surface area contributed by atoms with E-state index in [1.807, 2.05) is 50.1 Å². The number of nitrogen functional groups attached to an aromatic ring is 1. The second-order valence-corrected chi connectivity index (χ2v) is 5.31. The SMILES string of the molecule is CC.Cn1cnc(-c2cn3cc(-c4ccccc4O)nc3nc2N)c1. The number of nitrogens with two attached hydrogens (primary N) is 1. The molecule has 0 amide bonds. The summed E-state index contributed by atoms with van der Waals surface area (Å²) in [6.07, 6.45) is 7.24. The molecule has 7 heteroatoms. The van der Waals surface area contributed by atoms with Gasteiger partial charge in [-0.3, -0.25) is 4.40 Å². The van der Waals surface area contributed by atoms with Crippen LogP contribution in [-0.4, -0.2) is 29.0 Å². The summed E-state index contributed by atoms with van der Waals surface area (Å²) in [4.78, 5) is 13.1. The van der Waals surface area contributed by atoms with Crippen LogP contribution in [-0.2, 0) is 7.05 Å². The second kappa shape index (κ2) is 6.64. The molecule has 0 aliphatic heterocycles. The van der Waals surface area contributed by atoms with Gasteiger partial charge in [-0.2, -0.15) is 4.98 Å². The van der Waals surface area contributed by atoms with Gasteiger partial charge in [0.25, 0.3) is 0 Å². The van der Waals surface area contributed by atoms with Gasteiger partial charge in [0.2, 0.25) is 5.78 Å². The third-order valence-electron chi connectivity index (χ3n) is 3.64. The Morgan fingerprint density at radius 3 is 2.40 bits per heavy atom. The van der Waals surface area contributed by atoms with Crippen molar-refractivity contribution in [2.45, 2.75) is 13.8 Å². The van der Waals surface area contributed by atoms with Crippen molar-refractivity contribution in [1.82, 2.24) is 23.9 Å². The van der Waals surface area contributed by atoms with Gasteiger partial charge in [-0.05, 0) is 12.1 Å². The molecule has 0 atom stereocenters. The highest BCUT2D eigenvalue weighted by Crippen LogP contribution is 2.29. The number of imidazole rings is 2. The first kappa shape index (κ1) is 16.5. The first-order chi connectivity index (χ1) is 12.1. The zero-order valence-electron chi connectivity index (χ0n) is 14.4. The molecule has 4 aromatic rings. The Labute approximate surface area is 145 Å². The van der Waals surface area contributed by atoms with E-state index in [0.29, 0.717) is 22.9 Å². The van der Waals surface area contributed by atoms with Crippen LogP contribution in [0.15, 0.2) is 49.2 Å². The molecular formula is C18H20N6O. The number of nitrogens with zero attached hydrogens (tertiary/aromatic N) is 5. The van der Waals surface area contributed by atoms with Crippen LogP contribution >= 0.6 is 0 Å². The lowest BCUT2D eigenvalue weighted by molar-refractivity contribution is 0.477. The van der Waals surface area contributed by atoms with Gasteiger partial charge < -0.3 is 15.4 Å². The molecule has 0 aliphatic rings. The Balaban J connectivity index is 0.000000880. The molecule has 0 fully saturated rings. The zero-order valence-corrected chi connectivity index (χ0v) is 14.4. The van der Waals surface area contributed by atoms with Crippen molar-refractivity contribution in [1.29, 1.82) is 0 Å². The van der Waals surface area contributed by atoms with Crippen molar-refractivity contribution in [3.63, 3.8) is 0 Å². The van der Waals surface area contributed by atoms with Crippen LogP contribution in [0.3, 0.4) is 0 Å².